The number of carbonyl (C=O) groups excluding carboxylic acids is 3. The second kappa shape index (κ2) is 6.70. The fourth-order valence-corrected chi connectivity index (χ4v) is 6.81. The minimum atomic E-state index is -1.25. The molecule has 6 nitrogen and oxygen atoms in total. The van der Waals surface area contributed by atoms with Crippen molar-refractivity contribution in [3.63, 3.8) is 0 Å². The molecule has 9 heteroatoms. The van der Waals surface area contributed by atoms with Crippen molar-refractivity contribution in [1.82, 2.24) is 4.90 Å². The number of rotatable bonds is 1. The molecule has 32 heavy (non-hydrogen) atoms. The zero-order valence-electron chi connectivity index (χ0n) is 17.0. The summed E-state index contributed by atoms with van der Waals surface area (Å²) in [5.74, 6) is -2.51. The molecule has 0 radical (unpaired) electrons. The summed E-state index contributed by atoms with van der Waals surface area (Å²) in [6, 6.07) is 8.05. The Labute approximate surface area is 199 Å². The Balaban J connectivity index is 1.58. The van der Waals surface area contributed by atoms with Crippen LogP contribution in [-0.4, -0.2) is 35.2 Å². The predicted molar refractivity (Wildman–Crippen MR) is 122 cm³/mol. The Morgan fingerprint density at radius 3 is 2.56 bits per heavy atom. The molecule has 0 aliphatic carbocycles. The molecule has 4 heterocycles. The van der Waals surface area contributed by atoms with Crippen LogP contribution in [0.5, 0.6) is 0 Å². The van der Waals surface area contributed by atoms with E-state index in [-0.39, 0.29) is 28.6 Å². The Hall–Kier alpha value is -2.12. The van der Waals surface area contributed by atoms with Gasteiger partial charge in [-0.05, 0) is 56.1 Å². The van der Waals surface area contributed by atoms with E-state index in [9.17, 15) is 14.4 Å². The summed E-state index contributed by atoms with van der Waals surface area (Å²) in [6.45, 7) is 2.48. The molecule has 3 saturated heterocycles. The second-order valence-electron chi connectivity index (χ2n) is 8.83. The highest BCUT2D eigenvalue weighted by atomic mass is 35.5. The SMILES string of the molecule is Cc1c(Cl)ccc2c1NC(=O)[C@@]21[C@@H]2C(=O)N(c3cc(Cl)ccc3Cl)C(=O)[C@@H]2[C@H]2CCCN21. The largest absolute Gasteiger partial charge is 0.324 e. The zero-order chi connectivity index (χ0) is 22.5. The highest BCUT2D eigenvalue weighted by Gasteiger charge is 2.74. The monoisotopic (exact) mass is 489 g/mol. The fourth-order valence-electron chi connectivity index (χ4n) is 6.29. The van der Waals surface area contributed by atoms with E-state index in [1.54, 1.807) is 18.2 Å². The Morgan fingerprint density at radius 2 is 1.78 bits per heavy atom. The Kier molecular flexibility index (Phi) is 4.29. The molecule has 3 amide bonds. The van der Waals surface area contributed by atoms with Crippen molar-refractivity contribution in [1.29, 1.82) is 0 Å². The van der Waals surface area contributed by atoms with Gasteiger partial charge >= 0.3 is 0 Å². The van der Waals surface area contributed by atoms with Crippen molar-refractivity contribution in [2.75, 3.05) is 16.8 Å². The zero-order valence-corrected chi connectivity index (χ0v) is 19.3. The normalized spacial score (nSPS) is 30.8. The van der Waals surface area contributed by atoms with Crippen LogP contribution in [0.2, 0.25) is 15.1 Å². The van der Waals surface area contributed by atoms with Gasteiger partial charge < -0.3 is 5.32 Å². The van der Waals surface area contributed by atoms with E-state index in [1.165, 1.54) is 6.07 Å². The topological polar surface area (TPSA) is 69.7 Å². The van der Waals surface area contributed by atoms with Gasteiger partial charge in [0.15, 0.2) is 0 Å². The van der Waals surface area contributed by atoms with Gasteiger partial charge in [0.05, 0.1) is 28.2 Å². The molecule has 4 aliphatic heterocycles. The molecular weight excluding hydrogens is 473 g/mol. The lowest BCUT2D eigenvalue weighted by molar-refractivity contribution is -0.135. The maximum atomic E-state index is 13.9. The molecule has 0 aromatic heterocycles. The van der Waals surface area contributed by atoms with Gasteiger partial charge in [-0.15, -0.1) is 0 Å². The van der Waals surface area contributed by atoms with Gasteiger partial charge in [-0.2, -0.15) is 0 Å². The van der Waals surface area contributed by atoms with Crippen LogP contribution in [0, 0.1) is 18.8 Å². The van der Waals surface area contributed by atoms with E-state index in [2.05, 4.69) is 10.2 Å². The summed E-state index contributed by atoms with van der Waals surface area (Å²) < 4.78 is 0. The molecule has 2 aromatic rings. The van der Waals surface area contributed by atoms with Crippen LogP contribution in [-0.2, 0) is 19.9 Å². The summed E-state index contributed by atoms with van der Waals surface area (Å²) >= 11 is 18.8. The molecule has 164 valence electrons. The van der Waals surface area contributed by atoms with Crippen LogP contribution >= 0.6 is 34.8 Å². The van der Waals surface area contributed by atoms with E-state index in [0.29, 0.717) is 27.8 Å². The van der Waals surface area contributed by atoms with Crippen LogP contribution in [0.25, 0.3) is 0 Å². The summed E-state index contributed by atoms with van der Waals surface area (Å²) in [5.41, 5.74) is 1.11. The van der Waals surface area contributed by atoms with E-state index < -0.39 is 23.3 Å². The number of benzene rings is 2. The molecule has 1 N–H and O–H groups in total. The molecule has 2 aromatic carbocycles. The third-order valence-corrected chi connectivity index (χ3v) is 8.48. The van der Waals surface area contributed by atoms with Crippen LogP contribution in [0.1, 0.15) is 24.0 Å². The number of hydrogen-bond acceptors (Lipinski definition) is 4. The average Bonchev–Trinajstić information content (AvgIpc) is 3.46. The molecule has 3 fully saturated rings. The minimum Gasteiger partial charge on any atom is -0.324 e. The average molecular weight is 491 g/mol. The molecule has 4 atom stereocenters. The van der Waals surface area contributed by atoms with Gasteiger partial charge in [0.25, 0.3) is 0 Å². The maximum Gasteiger partial charge on any atom is 0.250 e. The quantitative estimate of drug-likeness (QED) is 0.602. The van der Waals surface area contributed by atoms with Crippen molar-refractivity contribution in [3.05, 3.63) is 56.5 Å². The standard InChI is InChI=1S/C23H18Cl3N3O3/c1-10-13(25)7-5-12-19(10)27-22(32)23(12)18-17(15-3-2-8-28(15)23)20(30)29(21(18)31)16-9-11(24)4-6-14(16)26/h4-7,9,15,17-18H,2-3,8H2,1H3,(H,27,32)/t15-,17-,18+,23+/m1/s1. The van der Waals surface area contributed by atoms with Crippen molar-refractivity contribution in [2.24, 2.45) is 11.8 Å². The van der Waals surface area contributed by atoms with E-state index in [0.717, 1.165) is 23.3 Å². The van der Waals surface area contributed by atoms with Gasteiger partial charge in [-0.25, -0.2) is 4.90 Å². The first-order valence-electron chi connectivity index (χ1n) is 10.5. The lowest BCUT2D eigenvalue weighted by Crippen LogP contribution is -2.54. The van der Waals surface area contributed by atoms with E-state index >= 15 is 0 Å². The van der Waals surface area contributed by atoms with Crippen LogP contribution in [0.3, 0.4) is 0 Å². The number of carbonyl (C=O) groups is 3. The number of amides is 3. The van der Waals surface area contributed by atoms with Crippen molar-refractivity contribution >= 4 is 63.9 Å². The highest BCUT2D eigenvalue weighted by molar-refractivity contribution is 6.38. The van der Waals surface area contributed by atoms with Gasteiger partial charge in [-0.3, -0.25) is 19.3 Å². The van der Waals surface area contributed by atoms with Crippen LogP contribution in [0.15, 0.2) is 30.3 Å². The van der Waals surface area contributed by atoms with Crippen LogP contribution < -0.4 is 10.2 Å². The first-order chi connectivity index (χ1) is 15.3. The van der Waals surface area contributed by atoms with Gasteiger partial charge in [-0.1, -0.05) is 40.9 Å². The number of anilines is 2. The number of halogens is 3. The lowest BCUT2D eigenvalue weighted by atomic mass is 9.75. The van der Waals surface area contributed by atoms with Gasteiger partial charge in [0.2, 0.25) is 17.7 Å². The maximum absolute atomic E-state index is 13.9. The summed E-state index contributed by atoms with van der Waals surface area (Å²) in [6.07, 6.45) is 1.60. The first-order valence-corrected chi connectivity index (χ1v) is 11.6. The lowest BCUT2D eigenvalue weighted by Gasteiger charge is -2.36. The molecule has 4 aliphatic rings. The summed E-state index contributed by atoms with van der Waals surface area (Å²) in [7, 11) is 0. The second-order valence-corrected chi connectivity index (χ2v) is 10.1. The number of nitrogens with one attached hydrogen (secondary N) is 1. The van der Waals surface area contributed by atoms with E-state index in [1.807, 2.05) is 13.0 Å². The molecule has 0 saturated carbocycles. The summed E-state index contributed by atoms with van der Waals surface area (Å²) in [4.78, 5) is 44.5. The molecular formula is C23H18Cl3N3O3. The fraction of sp³-hybridized carbons (Fsp3) is 0.348. The van der Waals surface area contributed by atoms with Crippen molar-refractivity contribution in [3.8, 4) is 0 Å². The van der Waals surface area contributed by atoms with Gasteiger partial charge in [0, 0.05) is 21.7 Å². The number of hydrogen-bond donors (Lipinski definition) is 1. The third-order valence-electron chi connectivity index (χ3n) is 7.51. The van der Waals surface area contributed by atoms with Gasteiger partial charge in [0.1, 0.15) is 5.54 Å². The molecule has 0 unspecified atom stereocenters. The third kappa shape index (κ3) is 2.29. The molecule has 6 rings (SSSR count). The Bertz CT molecular complexity index is 1250. The first kappa shape index (κ1) is 20.5. The molecule has 1 spiro atoms. The number of nitrogens with zero attached hydrogens (tertiary/aromatic N) is 2. The Morgan fingerprint density at radius 1 is 1.03 bits per heavy atom. The van der Waals surface area contributed by atoms with Crippen LogP contribution in [0.4, 0.5) is 11.4 Å². The minimum absolute atomic E-state index is 0.202. The highest BCUT2D eigenvalue weighted by Crippen LogP contribution is 2.61. The van der Waals surface area contributed by atoms with Crippen molar-refractivity contribution in [2.45, 2.75) is 31.3 Å². The van der Waals surface area contributed by atoms with E-state index in [4.69, 9.17) is 34.8 Å². The van der Waals surface area contributed by atoms with Crippen molar-refractivity contribution < 1.29 is 14.4 Å². The predicted octanol–water partition coefficient (Wildman–Crippen LogP) is 4.39. The number of fused-ring (bicyclic) bond motifs is 7. The number of imide groups is 1. The molecule has 0 bridgehead atoms. The summed E-state index contributed by atoms with van der Waals surface area (Å²) in [5, 5.41) is 4.14. The smallest absolute Gasteiger partial charge is 0.250 e.